The van der Waals surface area contributed by atoms with Crippen molar-refractivity contribution in [2.24, 2.45) is 0 Å². The highest BCUT2D eigenvalue weighted by Gasteiger charge is 2.35. The van der Waals surface area contributed by atoms with Crippen LogP contribution in [-0.2, 0) is 11.3 Å². The fourth-order valence-electron chi connectivity index (χ4n) is 3.00. The highest BCUT2D eigenvalue weighted by Crippen LogP contribution is 2.37. The van der Waals surface area contributed by atoms with Crippen LogP contribution >= 0.6 is 11.8 Å². The second kappa shape index (κ2) is 6.10. The molecule has 2 heterocycles. The molecule has 1 aliphatic rings. The number of aromatic nitrogens is 1. The number of halogens is 2. The third-order valence-electron chi connectivity index (χ3n) is 4.24. The van der Waals surface area contributed by atoms with Crippen LogP contribution in [-0.4, -0.2) is 14.9 Å². The standard InChI is InChI=1S/C19H12F2N2O2S/c1-11-18(24)26-19(25)23(11)17-4-2-3-16-13(17)7-8-22(16)10-12-5-6-14(20)15(21)9-12/h2-9H,1,10H2. The van der Waals surface area contributed by atoms with Crippen LogP contribution < -0.4 is 4.90 Å². The minimum Gasteiger partial charge on any atom is -0.343 e. The van der Waals surface area contributed by atoms with Gasteiger partial charge in [0.25, 0.3) is 5.24 Å². The third-order valence-corrected chi connectivity index (χ3v) is 5.01. The van der Waals surface area contributed by atoms with Gasteiger partial charge in [0.2, 0.25) is 5.12 Å². The van der Waals surface area contributed by atoms with Gasteiger partial charge >= 0.3 is 0 Å². The Bertz CT molecular complexity index is 1090. The van der Waals surface area contributed by atoms with Crippen LogP contribution in [0.25, 0.3) is 10.9 Å². The van der Waals surface area contributed by atoms with Crippen LogP contribution in [0.5, 0.6) is 0 Å². The molecule has 4 nitrogen and oxygen atoms in total. The lowest BCUT2D eigenvalue weighted by molar-refractivity contribution is -0.107. The van der Waals surface area contributed by atoms with Gasteiger partial charge in [-0.25, -0.2) is 8.78 Å². The molecule has 0 saturated carbocycles. The quantitative estimate of drug-likeness (QED) is 0.629. The normalized spacial score (nSPS) is 14.7. The number of amides is 1. The molecule has 2 aromatic carbocycles. The number of hydrogen-bond acceptors (Lipinski definition) is 3. The maximum Gasteiger partial charge on any atom is 0.298 e. The van der Waals surface area contributed by atoms with E-state index in [-0.39, 0.29) is 16.1 Å². The van der Waals surface area contributed by atoms with Crippen molar-refractivity contribution in [3.63, 3.8) is 0 Å². The van der Waals surface area contributed by atoms with Gasteiger partial charge in [-0.3, -0.25) is 14.5 Å². The molecule has 1 aromatic heterocycles. The fourth-order valence-corrected chi connectivity index (χ4v) is 3.67. The molecule has 0 unspecified atom stereocenters. The summed E-state index contributed by atoms with van der Waals surface area (Å²) in [6, 6.07) is 11.0. The largest absolute Gasteiger partial charge is 0.343 e. The number of fused-ring (bicyclic) bond motifs is 1. The zero-order valence-corrected chi connectivity index (χ0v) is 14.2. The molecule has 7 heteroatoms. The lowest BCUT2D eigenvalue weighted by atomic mass is 10.2. The van der Waals surface area contributed by atoms with Crippen molar-refractivity contribution in [1.82, 2.24) is 4.57 Å². The average Bonchev–Trinajstić information content (AvgIpc) is 3.12. The van der Waals surface area contributed by atoms with Gasteiger partial charge < -0.3 is 4.57 Å². The van der Waals surface area contributed by atoms with E-state index in [1.54, 1.807) is 18.3 Å². The van der Waals surface area contributed by atoms with Crippen molar-refractivity contribution >= 4 is 38.7 Å². The summed E-state index contributed by atoms with van der Waals surface area (Å²) in [4.78, 5) is 25.2. The van der Waals surface area contributed by atoms with E-state index in [2.05, 4.69) is 6.58 Å². The molecular weight excluding hydrogens is 358 g/mol. The molecule has 130 valence electrons. The molecule has 1 fully saturated rings. The summed E-state index contributed by atoms with van der Waals surface area (Å²) in [5.41, 5.74) is 2.11. The highest BCUT2D eigenvalue weighted by molar-refractivity contribution is 8.27. The number of carbonyl (C=O) groups excluding carboxylic acids is 2. The second-order valence-electron chi connectivity index (χ2n) is 5.84. The number of anilines is 1. The summed E-state index contributed by atoms with van der Waals surface area (Å²) in [6.45, 7) is 4.03. The van der Waals surface area contributed by atoms with Crippen LogP contribution in [0.15, 0.2) is 60.9 Å². The summed E-state index contributed by atoms with van der Waals surface area (Å²) in [5, 5.41) is 0.00830. The van der Waals surface area contributed by atoms with Crippen LogP contribution in [0.3, 0.4) is 0 Å². The van der Waals surface area contributed by atoms with E-state index >= 15 is 0 Å². The molecule has 1 amide bonds. The molecule has 0 spiro atoms. The zero-order chi connectivity index (χ0) is 18.4. The topological polar surface area (TPSA) is 42.3 Å². The molecule has 26 heavy (non-hydrogen) atoms. The van der Waals surface area contributed by atoms with Gasteiger partial charge in [-0.1, -0.05) is 18.7 Å². The van der Waals surface area contributed by atoms with Crippen molar-refractivity contribution in [3.8, 4) is 0 Å². The minimum absolute atomic E-state index is 0.126. The molecule has 0 atom stereocenters. The predicted molar refractivity (Wildman–Crippen MR) is 97.0 cm³/mol. The Hall–Kier alpha value is -2.93. The number of nitrogens with zero attached hydrogens (tertiary/aromatic N) is 2. The minimum atomic E-state index is -0.894. The highest BCUT2D eigenvalue weighted by atomic mass is 32.2. The lowest BCUT2D eigenvalue weighted by Crippen LogP contribution is -2.20. The molecule has 3 aromatic rings. The first kappa shape index (κ1) is 16.5. The number of hydrogen-bond donors (Lipinski definition) is 0. The van der Waals surface area contributed by atoms with E-state index in [9.17, 15) is 18.4 Å². The summed E-state index contributed by atoms with van der Waals surface area (Å²) in [6.07, 6.45) is 1.80. The Morgan fingerprint density at radius 3 is 2.54 bits per heavy atom. The molecule has 0 N–H and O–H groups in total. The van der Waals surface area contributed by atoms with Gasteiger partial charge in [0.1, 0.15) is 0 Å². The summed E-state index contributed by atoms with van der Waals surface area (Å²) in [5.74, 6) is -1.78. The van der Waals surface area contributed by atoms with Gasteiger partial charge in [-0.15, -0.1) is 0 Å². The van der Waals surface area contributed by atoms with Gasteiger partial charge in [0, 0.05) is 29.9 Å². The van der Waals surface area contributed by atoms with Crippen LogP contribution in [0, 0.1) is 11.6 Å². The van der Waals surface area contributed by atoms with Crippen LogP contribution in [0.4, 0.5) is 19.3 Å². The second-order valence-corrected chi connectivity index (χ2v) is 6.76. The van der Waals surface area contributed by atoms with Crippen molar-refractivity contribution < 1.29 is 18.4 Å². The van der Waals surface area contributed by atoms with Gasteiger partial charge in [-0.05, 0) is 35.9 Å². The van der Waals surface area contributed by atoms with Gasteiger partial charge in [-0.2, -0.15) is 0 Å². The molecule has 1 aliphatic heterocycles. The van der Waals surface area contributed by atoms with E-state index in [0.29, 0.717) is 29.6 Å². The van der Waals surface area contributed by atoms with E-state index in [4.69, 9.17) is 0 Å². The predicted octanol–water partition coefficient (Wildman–Crippen LogP) is 4.68. The monoisotopic (exact) mass is 370 g/mol. The van der Waals surface area contributed by atoms with Crippen LogP contribution in [0.1, 0.15) is 5.56 Å². The molecule has 0 radical (unpaired) electrons. The van der Waals surface area contributed by atoms with Crippen molar-refractivity contribution in [3.05, 3.63) is 78.1 Å². The summed E-state index contributed by atoms with van der Waals surface area (Å²) >= 11 is 0.617. The zero-order valence-electron chi connectivity index (χ0n) is 13.4. The van der Waals surface area contributed by atoms with Crippen molar-refractivity contribution in [2.45, 2.75) is 6.54 Å². The van der Waals surface area contributed by atoms with Crippen LogP contribution in [0.2, 0.25) is 0 Å². The fraction of sp³-hybridized carbons (Fsp3) is 0.0526. The molecule has 0 aliphatic carbocycles. The third kappa shape index (κ3) is 2.61. The molecular formula is C19H12F2N2O2S. The van der Waals surface area contributed by atoms with E-state index in [1.807, 2.05) is 16.7 Å². The Balaban J connectivity index is 1.76. The average molecular weight is 370 g/mol. The molecule has 0 bridgehead atoms. The first-order valence-corrected chi connectivity index (χ1v) is 8.54. The van der Waals surface area contributed by atoms with Gasteiger partial charge in [0.15, 0.2) is 11.6 Å². The maximum absolute atomic E-state index is 13.4. The number of thioether (sulfide) groups is 1. The van der Waals surface area contributed by atoms with E-state index in [0.717, 1.165) is 23.0 Å². The first-order chi connectivity index (χ1) is 12.5. The van der Waals surface area contributed by atoms with Crippen molar-refractivity contribution in [1.29, 1.82) is 0 Å². The summed E-state index contributed by atoms with van der Waals surface area (Å²) in [7, 11) is 0. The Kier molecular flexibility index (Phi) is 3.88. The number of benzene rings is 2. The molecule has 4 rings (SSSR count). The first-order valence-electron chi connectivity index (χ1n) is 7.72. The number of carbonyl (C=O) groups is 2. The maximum atomic E-state index is 13.4. The summed E-state index contributed by atoms with van der Waals surface area (Å²) < 4.78 is 28.4. The Morgan fingerprint density at radius 1 is 1.04 bits per heavy atom. The lowest BCUT2D eigenvalue weighted by Gasteiger charge is -2.16. The number of rotatable bonds is 3. The molecule has 1 saturated heterocycles. The smallest absolute Gasteiger partial charge is 0.298 e. The Morgan fingerprint density at radius 2 is 1.85 bits per heavy atom. The SMILES string of the molecule is C=C1C(=O)SC(=O)N1c1cccc2c1ccn2Cc1ccc(F)c(F)c1. The Labute approximate surface area is 151 Å². The van der Waals surface area contributed by atoms with Gasteiger partial charge in [0.05, 0.1) is 16.9 Å². The van der Waals surface area contributed by atoms with E-state index in [1.165, 1.54) is 11.0 Å². The van der Waals surface area contributed by atoms with E-state index < -0.39 is 11.6 Å². The van der Waals surface area contributed by atoms with Crippen molar-refractivity contribution in [2.75, 3.05) is 4.90 Å².